The summed E-state index contributed by atoms with van der Waals surface area (Å²) in [5.74, 6) is 0.614. The smallest absolute Gasteiger partial charge is 0.0489 e. The molecular weight excluding hydrogens is 246 g/mol. The standard InChI is InChI=1S/C15H24ClNO/c1-12(2)11-18-9-5-8-17-13(3)14-6-4-7-15(16)10-14/h4,6-7,10,12-13,17H,5,8-9,11H2,1-3H3. The maximum absolute atomic E-state index is 5.97. The first kappa shape index (κ1) is 15.5. The highest BCUT2D eigenvalue weighted by Crippen LogP contribution is 2.17. The van der Waals surface area contributed by atoms with Gasteiger partial charge in [0.2, 0.25) is 0 Å². The predicted molar refractivity (Wildman–Crippen MR) is 78.1 cm³/mol. The number of hydrogen-bond donors (Lipinski definition) is 1. The second-order valence-electron chi connectivity index (χ2n) is 5.05. The Balaban J connectivity index is 2.15. The van der Waals surface area contributed by atoms with Crippen LogP contribution in [0.15, 0.2) is 24.3 Å². The molecule has 0 aliphatic carbocycles. The Kier molecular flexibility index (Phi) is 7.33. The van der Waals surface area contributed by atoms with Crippen molar-refractivity contribution < 1.29 is 4.74 Å². The van der Waals surface area contributed by atoms with Crippen LogP contribution < -0.4 is 5.32 Å². The molecule has 2 nitrogen and oxygen atoms in total. The summed E-state index contributed by atoms with van der Waals surface area (Å²) in [5, 5.41) is 4.27. The number of hydrogen-bond acceptors (Lipinski definition) is 2. The minimum absolute atomic E-state index is 0.328. The molecule has 1 atom stereocenters. The lowest BCUT2D eigenvalue weighted by atomic mass is 10.1. The second-order valence-corrected chi connectivity index (χ2v) is 5.49. The predicted octanol–water partition coefficient (Wildman–Crippen LogP) is 4.05. The van der Waals surface area contributed by atoms with Crippen LogP contribution in [0.3, 0.4) is 0 Å². The van der Waals surface area contributed by atoms with Crippen LogP contribution in [0.25, 0.3) is 0 Å². The third-order valence-corrected chi connectivity index (χ3v) is 2.95. The average molecular weight is 270 g/mol. The molecule has 1 aromatic rings. The van der Waals surface area contributed by atoms with Gasteiger partial charge in [-0.05, 0) is 43.5 Å². The number of benzene rings is 1. The van der Waals surface area contributed by atoms with Crippen LogP contribution in [0.5, 0.6) is 0 Å². The highest BCUT2D eigenvalue weighted by atomic mass is 35.5. The van der Waals surface area contributed by atoms with Gasteiger partial charge >= 0.3 is 0 Å². The molecule has 0 saturated heterocycles. The first-order chi connectivity index (χ1) is 8.59. The number of halogens is 1. The fourth-order valence-corrected chi connectivity index (χ4v) is 1.90. The monoisotopic (exact) mass is 269 g/mol. The second kappa shape index (κ2) is 8.52. The zero-order chi connectivity index (χ0) is 13.4. The molecule has 0 fully saturated rings. The van der Waals surface area contributed by atoms with Crippen LogP contribution in [0.1, 0.15) is 38.8 Å². The molecule has 3 heteroatoms. The molecule has 102 valence electrons. The summed E-state index contributed by atoms with van der Waals surface area (Å²) >= 11 is 5.97. The lowest BCUT2D eigenvalue weighted by Crippen LogP contribution is -2.21. The summed E-state index contributed by atoms with van der Waals surface area (Å²) in [5.41, 5.74) is 1.23. The molecule has 0 aliphatic rings. The molecule has 0 saturated carbocycles. The van der Waals surface area contributed by atoms with E-state index in [1.165, 1.54) is 5.56 Å². The summed E-state index contributed by atoms with van der Waals surface area (Å²) in [4.78, 5) is 0. The van der Waals surface area contributed by atoms with Gasteiger partial charge in [-0.15, -0.1) is 0 Å². The summed E-state index contributed by atoms with van der Waals surface area (Å²) < 4.78 is 5.54. The van der Waals surface area contributed by atoms with Crippen molar-refractivity contribution in [3.63, 3.8) is 0 Å². The van der Waals surface area contributed by atoms with Crippen molar-refractivity contribution in [1.29, 1.82) is 0 Å². The molecule has 1 aromatic carbocycles. The van der Waals surface area contributed by atoms with Gasteiger partial charge in [0.1, 0.15) is 0 Å². The Labute approximate surface area is 116 Å². The van der Waals surface area contributed by atoms with Crippen LogP contribution in [0.4, 0.5) is 0 Å². The van der Waals surface area contributed by atoms with E-state index in [0.717, 1.165) is 31.2 Å². The van der Waals surface area contributed by atoms with E-state index in [9.17, 15) is 0 Å². The Morgan fingerprint density at radius 2 is 2.06 bits per heavy atom. The van der Waals surface area contributed by atoms with Gasteiger partial charge in [-0.25, -0.2) is 0 Å². The van der Waals surface area contributed by atoms with Crippen LogP contribution in [0, 0.1) is 5.92 Å². The van der Waals surface area contributed by atoms with Gasteiger partial charge in [-0.2, -0.15) is 0 Å². The Morgan fingerprint density at radius 3 is 2.72 bits per heavy atom. The van der Waals surface area contributed by atoms with Crippen molar-refractivity contribution in [2.24, 2.45) is 5.92 Å². The molecule has 0 heterocycles. The van der Waals surface area contributed by atoms with Gasteiger partial charge < -0.3 is 10.1 Å². The minimum atomic E-state index is 0.328. The molecule has 1 N–H and O–H groups in total. The molecule has 0 aromatic heterocycles. The minimum Gasteiger partial charge on any atom is -0.381 e. The van der Waals surface area contributed by atoms with Crippen molar-refractivity contribution in [2.45, 2.75) is 33.2 Å². The highest BCUT2D eigenvalue weighted by Gasteiger charge is 2.04. The van der Waals surface area contributed by atoms with E-state index in [0.29, 0.717) is 12.0 Å². The van der Waals surface area contributed by atoms with Crippen molar-refractivity contribution in [3.05, 3.63) is 34.9 Å². The zero-order valence-corrected chi connectivity index (χ0v) is 12.3. The Hall–Kier alpha value is -0.570. The molecule has 0 radical (unpaired) electrons. The van der Waals surface area contributed by atoms with Crippen molar-refractivity contribution in [2.75, 3.05) is 19.8 Å². The number of ether oxygens (including phenoxy) is 1. The fraction of sp³-hybridized carbons (Fsp3) is 0.600. The van der Waals surface area contributed by atoms with E-state index in [1.807, 2.05) is 18.2 Å². The maximum Gasteiger partial charge on any atom is 0.0489 e. The zero-order valence-electron chi connectivity index (χ0n) is 11.6. The third kappa shape index (κ3) is 6.39. The van der Waals surface area contributed by atoms with Gasteiger partial charge in [0.05, 0.1) is 0 Å². The molecule has 18 heavy (non-hydrogen) atoms. The van der Waals surface area contributed by atoms with E-state index >= 15 is 0 Å². The molecule has 1 rings (SSSR count). The van der Waals surface area contributed by atoms with E-state index < -0.39 is 0 Å². The Morgan fingerprint density at radius 1 is 1.28 bits per heavy atom. The quantitative estimate of drug-likeness (QED) is 0.719. The van der Waals surface area contributed by atoms with Crippen molar-refractivity contribution in [1.82, 2.24) is 5.32 Å². The van der Waals surface area contributed by atoms with Crippen molar-refractivity contribution in [3.8, 4) is 0 Å². The third-order valence-electron chi connectivity index (χ3n) is 2.72. The van der Waals surface area contributed by atoms with Gasteiger partial charge in [0, 0.05) is 24.3 Å². The SMILES string of the molecule is CC(C)COCCCNC(C)c1cccc(Cl)c1. The molecule has 0 aliphatic heterocycles. The molecule has 0 bridgehead atoms. The summed E-state index contributed by atoms with van der Waals surface area (Å²) in [6.07, 6.45) is 1.04. The van der Waals surface area contributed by atoms with Crippen LogP contribution in [-0.4, -0.2) is 19.8 Å². The molecule has 0 amide bonds. The Bertz CT molecular complexity index is 341. The van der Waals surface area contributed by atoms with E-state index in [1.54, 1.807) is 0 Å². The van der Waals surface area contributed by atoms with Crippen LogP contribution in [-0.2, 0) is 4.74 Å². The van der Waals surface area contributed by atoms with Crippen LogP contribution >= 0.6 is 11.6 Å². The van der Waals surface area contributed by atoms with Gasteiger partial charge in [0.25, 0.3) is 0 Å². The first-order valence-corrected chi connectivity index (χ1v) is 7.04. The van der Waals surface area contributed by atoms with E-state index in [4.69, 9.17) is 16.3 Å². The van der Waals surface area contributed by atoms with Gasteiger partial charge in [-0.1, -0.05) is 37.6 Å². The summed E-state index contributed by atoms with van der Waals surface area (Å²) in [6, 6.07) is 8.32. The lowest BCUT2D eigenvalue weighted by molar-refractivity contribution is 0.107. The number of rotatable bonds is 8. The average Bonchev–Trinajstić information content (AvgIpc) is 2.33. The molecule has 1 unspecified atom stereocenters. The van der Waals surface area contributed by atoms with Gasteiger partial charge in [-0.3, -0.25) is 0 Å². The van der Waals surface area contributed by atoms with Gasteiger partial charge in [0.15, 0.2) is 0 Å². The molecular formula is C15H24ClNO. The first-order valence-electron chi connectivity index (χ1n) is 6.66. The fourth-order valence-electron chi connectivity index (χ4n) is 1.71. The normalized spacial score (nSPS) is 12.9. The summed E-state index contributed by atoms with van der Waals surface area (Å²) in [6.45, 7) is 9.13. The number of nitrogens with one attached hydrogen (secondary N) is 1. The summed E-state index contributed by atoms with van der Waals surface area (Å²) in [7, 11) is 0. The highest BCUT2D eigenvalue weighted by molar-refractivity contribution is 6.30. The van der Waals surface area contributed by atoms with Crippen LogP contribution in [0.2, 0.25) is 5.02 Å². The largest absolute Gasteiger partial charge is 0.381 e. The van der Waals surface area contributed by atoms with Crippen molar-refractivity contribution >= 4 is 11.6 Å². The topological polar surface area (TPSA) is 21.3 Å². The van der Waals surface area contributed by atoms with E-state index in [-0.39, 0.29) is 0 Å². The molecule has 0 spiro atoms. The lowest BCUT2D eigenvalue weighted by Gasteiger charge is -2.14. The maximum atomic E-state index is 5.97. The van der Waals surface area contributed by atoms with E-state index in [2.05, 4.69) is 32.2 Å².